The Labute approximate surface area is 210 Å². The van der Waals surface area contributed by atoms with Crippen LogP contribution in [0.2, 0.25) is 15.1 Å². The molecule has 1 amide bonds. The van der Waals surface area contributed by atoms with Gasteiger partial charge in [-0.2, -0.15) is 0 Å². The number of hydrogen-bond acceptors (Lipinski definition) is 6. The number of amides is 1. The van der Waals surface area contributed by atoms with E-state index in [4.69, 9.17) is 39.5 Å². The summed E-state index contributed by atoms with van der Waals surface area (Å²) in [6.07, 6.45) is 4.33. The number of carbonyl (C=O) groups excluding carboxylic acids is 1. The SMILES string of the molecule is CCCCCCOc1c(Cl)cc(C(=O)Nc2nnc(SCc3ccccc3Cl)s2)cc1Cl. The normalized spacial score (nSPS) is 10.9. The number of unbranched alkanes of at least 4 members (excludes halogenated alkanes) is 3. The van der Waals surface area contributed by atoms with Crippen molar-refractivity contribution in [2.45, 2.75) is 42.7 Å². The second-order valence-corrected chi connectivity index (χ2v) is 10.3. The molecule has 5 nitrogen and oxygen atoms in total. The van der Waals surface area contributed by atoms with E-state index < -0.39 is 0 Å². The molecule has 0 fully saturated rings. The molecule has 0 unspecified atom stereocenters. The fraction of sp³-hybridized carbons (Fsp3) is 0.318. The molecule has 1 N–H and O–H groups in total. The number of thioether (sulfide) groups is 1. The maximum absolute atomic E-state index is 12.6. The van der Waals surface area contributed by atoms with Gasteiger partial charge in [-0.1, -0.05) is 102 Å². The maximum Gasteiger partial charge on any atom is 0.257 e. The summed E-state index contributed by atoms with van der Waals surface area (Å²) in [6, 6.07) is 10.7. The lowest BCUT2D eigenvalue weighted by molar-refractivity contribution is 0.102. The van der Waals surface area contributed by atoms with E-state index in [0.29, 0.717) is 43.9 Å². The van der Waals surface area contributed by atoms with Crippen molar-refractivity contribution in [1.82, 2.24) is 10.2 Å². The fourth-order valence-electron chi connectivity index (χ4n) is 2.77. The third-order valence-electron chi connectivity index (χ3n) is 4.44. The van der Waals surface area contributed by atoms with E-state index in [1.807, 2.05) is 24.3 Å². The topological polar surface area (TPSA) is 64.1 Å². The number of rotatable bonds is 11. The van der Waals surface area contributed by atoms with E-state index in [2.05, 4.69) is 22.4 Å². The van der Waals surface area contributed by atoms with Gasteiger partial charge in [-0.25, -0.2) is 0 Å². The van der Waals surface area contributed by atoms with Crippen LogP contribution >= 0.6 is 57.9 Å². The first kappa shape index (κ1) is 25.1. The van der Waals surface area contributed by atoms with Gasteiger partial charge in [-0.3, -0.25) is 10.1 Å². The van der Waals surface area contributed by atoms with Crippen LogP contribution < -0.4 is 10.1 Å². The molecule has 2 aromatic carbocycles. The average molecular weight is 531 g/mol. The van der Waals surface area contributed by atoms with Gasteiger partial charge in [0.25, 0.3) is 5.91 Å². The van der Waals surface area contributed by atoms with Crippen LogP contribution in [0.25, 0.3) is 0 Å². The van der Waals surface area contributed by atoms with Crippen LogP contribution in [0.4, 0.5) is 5.13 Å². The molecule has 170 valence electrons. The lowest BCUT2D eigenvalue weighted by Gasteiger charge is -2.11. The molecule has 0 aliphatic carbocycles. The van der Waals surface area contributed by atoms with E-state index in [1.54, 1.807) is 0 Å². The van der Waals surface area contributed by atoms with Gasteiger partial charge in [0.2, 0.25) is 5.13 Å². The number of anilines is 1. The Morgan fingerprint density at radius 1 is 1.06 bits per heavy atom. The maximum atomic E-state index is 12.6. The monoisotopic (exact) mass is 529 g/mol. The lowest BCUT2D eigenvalue weighted by Crippen LogP contribution is -2.12. The van der Waals surface area contributed by atoms with Crippen molar-refractivity contribution in [3.63, 3.8) is 0 Å². The van der Waals surface area contributed by atoms with Crippen LogP contribution in [0, 0.1) is 0 Å². The Morgan fingerprint density at radius 3 is 2.53 bits per heavy atom. The first-order chi connectivity index (χ1) is 15.5. The summed E-state index contributed by atoms with van der Waals surface area (Å²) in [6.45, 7) is 2.69. The van der Waals surface area contributed by atoms with Gasteiger partial charge in [-0.05, 0) is 30.2 Å². The van der Waals surface area contributed by atoms with Crippen LogP contribution in [0.15, 0.2) is 40.7 Å². The standard InChI is InChI=1S/C22H22Cl3N3O2S2/c1-2-3-4-7-10-30-19-17(24)11-15(12-18(19)25)20(29)26-21-27-28-22(32-21)31-13-14-8-5-6-9-16(14)23/h5-6,8-9,11-12H,2-4,7,10,13H2,1H3,(H,26,27,29). The number of ether oxygens (including phenoxy) is 1. The van der Waals surface area contributed by atoms with Crippen LogP contribution in [0.1, 0.15) is 48.5 Å². The molecule has 1 aromatic heterocycles. The smallest absolute Gasteiger partial charge is 0.257 e. The zero-order chi connectivity index (χ0) is 22.9. The quantitative estimate of drug-likeness (QED) is 0.154. The van der Waals surface area contributed by atoms with Gasteiger partial charge >= 0.3 is 0 Å². The number of nitrogens with zero attached hydrogens (tertiary/aromatic N) is 2. The number of halogens is 3. The minimum Gasteiger partial charge on any atom is -0.490 e. The molecule has 1 heterocycles. The Kier molecular flexibility index (Phi) is 9.93. The minimum atomic E-state index is -0.373. The summed E-state index contributed by atoms with van der Waals surface area (Å²) in [4.78, 5) is 12.6. The molecule has 3 rings (SSSR count). The molecule has 0 saturated heterocycles. The first-order valence-electron chi connectivity index (χ1n) is 10.1. The summed E-state index contributed by atoms with van der Waals surface area (Å²) < 4.78 is 6.44. The lowest BCUT2D eigenvalue weighted by atomic mass is 10.2. The highest BCUT2D eigenvalue weighted by Gasteiger charge is 2.16. The zero-order valence-electron chi connectivity index (χ0n) is 17.4. The molecule has 0 aliphatic heterocycles. The van der Waals surface area contributed by atoms with Gasteiger partial charge in [0.15, 0.2) is 10.1 Å². The molecular formula is C22H22Cl3N3O2S2. The summed E-state index contributed by atoms with van der Waals surface area (Å²) in [5, 5.41) is 12.6. The Hall–Kier alpha value is -1.51. The number of hydrogen-bond donors (Lipinski definition) is 1. The molecule has 32 heavy (non-hydrogen) atoms. The van der Waals surface area contributed by atoms with Crippen LogP contribution in [-0.4, -0.2) is 22.7 Å². The summed E-state index contributed by atoms with van der Waals surface area (Å²) in [5.74, 6) is 0.686. The molecule has 10 heteroatoms. The van der Waals surface area contributed by atoms with E-state index >= 15 is 0 Å². The summed E-state index contributed by atoms with van der Waals surface area (Å²) >= 11 is 21.6. The van der Waals surface area contributed by atoms with Crippen LogP contribution in [0.5, 0.6) is 5.75 Å². The molecule has 0 radical (unpaired) electrons. The van der Waals surface area contributed by atoms with Gasteiger partial charge in [0, 0.05) is 16.3 Å². The minimum absolute atomic E-state index is 0.298. The predicted octanol–water partition coefficient (Wildman–Crippen LogP) is 8.00. The second kappa shape index (κ2) is 12.7. The van der Waals surface area contributed by atoms with Gasteiger partial charge in [0.1, 0.15) is 0 Å². The largest absolute Gasteiger partial charge is 0.490 e. The van der Waals surface area contributed by atoms with E-state index in [1.165, 1.54) is 35.2 Å². The molecule has 0 aliphatic rings. The second-order valence-electron chi connectivity index (χ2n) is 6.89. The van der Waals surface area contributed by atoms with Gasteiger partial charge in [-0.15, -0.1) is 10.2 Å². The fourth-order valence-corrected chi connectivity index (χ4v) is 5.40. The molecule has 0 atom stereocenters. The molecule has 0 spiro atoms. The third kappa shape index (κ3) is 7.25. The number of benzene rings is 2. The summed E-state index contributed by atoms with van der Waals surface area (Å²) in [7, 11) is 0. The van der Waals surface area contributed by atoms with Crippen molar-refractivity contribution in [3.8, 4) is 5.75 Å². The van der Waals surface area contributed by atoms with E-state index in [9.17, 15) is 4.79 Å². The highest BCUT2D eigenvalue weighted by atomic mass is 35.5. The third-order valence-corrected chi connectivity index (χ3v) is 7.39. The molecule has 3 aromatic rings. The highest BCUT2D eigenvalue weighted by molar-refractivity contribution is 8.00. The van der Waals surface area contributed by atoms with E-state index in [-0.39, 0.29) is 5.91 Å². The van der Waals surface area contributed by atoms with Crippen molar-refractivity contribution in [3.05, 3.63) is 62.6 Å². The molecule has 0 bridgehead atoms. The van der Waals surface area contributed by atoms with Crippen molar-refractivity contribution < 1.29 is 9.53 Å². The van der Waals surface area contributed by atoms with Gasteiger partial charge in [0.05, 0.1) is 16.7 Å². The Balaban J connectivity index is 1.57. The molecule has 0 saturated carbocycles. The van der Waals surface area contributed by atoms with Crippen molar-refractivity contribution in [2.75, 3.05) is 11.9 Å². The van der Waals surface area contributed by atoms with E-state index in [0.717, 1.165) is 35.6 Å². The summed E-state index contributed by atoms with van der Waals surface area (Å²) in [5.41, 5.74) is 1.33. The van der Waals surface area contributed by atoms with Crippen molar-refractivity contribution >= 4 is 68.9 Å². The molecular weight excluding hydrogens is 509 g/mol. The van der Waals surface area contributed by atoms with Crippen LogP contribution in [0.3, 0.4) is 0 Å². The zero-order valence-corrected chi connectivity index (χ0v) is 21.3. The Bertz CT molecular complexity index is 1040. The number of aromatic nitrogens is 2. The van der Waals surface area contributed by atoms with Crippen molar-refractivity contribution in [2.24, 2.45) is 0 Å². The number of nitrogens with one attached hydrogen (secondary N) is 1. The predicted molar refractivity (Wildman–Crippen MR) is 135 cm³/mol. The Morgan fingerprint density at radius 2 is 1.81 bits per heavy atom. The number of carbonyl (C=O) groups is 1. The highest BCUT2D eigenvalue weighted by Crippen LogP contribution is 2.35. The van der Waals surface area contributed by atoms with Crippen LogP contribution in [-0.2, 0) is 5.75 Å². The first-order valence-corrected chi connectivity index (χ1v) is 13.0. The average Bonchev–Trinajstić information content (AvgIpc) is 3.21. The van der Waals surface area contributed by atoms with Crippen molar-refractivity contribution in [1.29, 1.82) is 0 Å². The van der Waals surface area contributed by atoms with Gasteiger partial charge < -0.3 is 4.74 Å².